The predicted molar refractivity (Wildman–Crippen MR) is 79.9 cm³/mol. The molecule has 0 amide bonds. The molecular weight excluding hydrogens is 288 g/mol. The highest BCUT2D eigenvalue weighted by Gasteiger charge is 2.13. The first-order chi connectivity index (χ1) is 8.81. The summed E-state index contributed by atoms with van der Waals surface area (Å²) in [6, 6.07) is 11.1. The zero-order valence-electron chi connectivity index (χ0n) is 10.3. The summed E-state index contributed by atoms with van der Waals surface area (Å²) in [5.74, 6) is 1.01. The summed E-state index contributed by atoms with van der Waals surface area (Å²) in [5.41, 5.74) is 1.05. The monoisotopic (exact) mass is 304 g/mol. The number of anilines is 1. The van der Waals surface area contributed by atoms with Crippen molar-refractivity contribution in [3.8, 4) is 0 Å². The zero-order chi connectivity index (χ0) is 12.4. The molecule has 0 saturated heterocycles. The van der Waals surface area contributed by atoms with E-state index in [0.29, 0.717) is 6.04 Å². The average Bonchev–Trinajstić information content (AvgIpc) is 2.39. The summed E-state index contributed by atoms with van der Waals surface area (Å²) in [6.07, 6.45) is 6.63. The van der Waals surface area contributed by atoms with Crippen LogP contribution in [0.4, 0.5) is 5.82 Å². The van der Waals surface area contributed by atoms with Crippen molar-refractivity contribution in [1.29, 1.82) is 0 Å². The van der Waals surface area contributed by atoms with Crippen LogP contribution in [0.3, 0.4) is 0 Å². The molecule has 0 radical (unpaired) electrons. The highest BCUT2D eigenvalue weighted by molar-refractivity contribution is 9.10. The van der Waals surface area contributed by atoms with Gasteiger partial charge in [-0.15, -0.1) is 0 Å². The number of pyridine rings is 1. The molecule has 0 spiro atoms. The van der Waals surface area contributed by atoms with Crippen LogP contribution >= 0.6 is 15.9 Å². The zero-order valence-corrected chi connectivity index (χ0v) is 11.9. The molecule has 1 heterocycles. The van der Waals surface area contributed by atoms with E-state index >= 15 is 0 Å². The normalized spacial score (nSPS) is 16.9. The number of nitrogens with zero attached hydrogens (tertiary/aromatic N) is 1. The second kappa shape index (κ2) is 5.27. The lowest BCUT2D eigenvalue weighted by Gasteiger charge is -2.23. The number of hydrogen-bond acceptors (Lipinski definition) is 2. The molecule has 1 aromatic carbocycles. The third-order valence-electron chi connectivity index (χ3n) is 3.61. The van der Waals surface area contributed by atoms with Crippen molar-refractivity contribution in [2.24, 2.45) is 0 Å². The van der Waals surface area contributed by atoms with Crippen molar-refractivity contribution in [1.82, 2.24) is 4.98 Å². The summed E-state index contributed by atoms with van der Waals surface area (Å²) < 4.78 is 1.08. The van der Waals surface area contributed by atoms with Gasteiger partial charge >= 0.3 is 0 Å². The molecule has 1 fully saturated rings. The van der Waals surface area contributed by atoms with E-state index < -0.39 is 0 Å². The molecule has 2 aromatic rings. The van der Waals surface area contributed by atoms with Gasteiger partial charge in [0.1, 0.15) is 5.82 Å². The van der Waals surface area contributed by atoms with Gasteiger partial charge in [0.15, 0.2) is 0 Å². The van der Waals surface area contributed by atoms with Gasteiger partial charge in [-0.1, -0.05) is 41.3 Å². The Morgan fingerprint density at radius 2 is 1.83 bits per heavy atom. The smallest absolute Gasteiger partial charge is 0.126 e. The van der Waals surface area contributed by atoms with Gasteiger partial charge in [0, 0.05) is 15.9 Å². The molecule has 3 heteroatoms. The van der Waals surface area contributed by atoms with Crippen molar-refractivity contribution < 1.29 is 0 Å². The van der Waals surface area contributed by atoms with Crippen LogP contribution in [0.15, 0.2) is 34.8 Å². The van der Waals surface area contributed by atoms with Crippen LogP contribution in [-0.2, 0) is 0 Å². The number of fused-ring (bicyclic) bond motifs is 1. The Kier molecular flexibility index (Phi) is 3.50. The maximum Gasteiger partial charge on any atom is 0.126 e. The van der Waals surface area contributed by atoms with Gasteiger partial charge in [-0.2, -0.15) is 0 Å². The van der Waals surface area contributed by atoms with Crippen LogP contribution in [-0.4, -0.2) is 11.0 Å². The van der Waals surface area contributed by atoms with Crippen LogP contribution in [0.2, 0.25) is 0 Å². The fraction of sp³-hybridized carbons (Fsp3) is 0.400. The maximum absolute atomic E-state index is 4.69. The van der Waals surface area contributed by atoms with Gasteiger partial charge in [0.2, 0.25) is 0 Å². The minimum Gasteiger partial charge on any atom is -0.367 e. The fourth-order valence-electron chi connectivity index (χ4n) is 2.63. The standard InChI is InChI=1S/C15H17BrN2/c16-12-8-6-11-7-9-15(18-14(11)10-12)17-13-4-2-1-3-5-13/h6-10,13H,1-5H2,(H,17,18). The van der Waals surface area contributed by atoms with Crippen LogP contribution in [0.1, 0.15) is 32.1 Å². The topological polar surface area (TPSA) is 24.9 Å². The van der Waals surface area contributed by atoms with E-state index in [-0.39, 0.29) is 0 Å². The molecule has 18 heavy (non-hydrogen) atoms. The summed E-state index contributed by atoms with van der Waals surface area (Å²) in [6.45, 7) is 0. The number of halogens is 1. The number of benzene rings is 1. The lowest BCUT2D eigenvalue weighted by Crippen LogP contribution is -2.22. The van der Waals surface area contributed by atoms with E-state index in [1.165, 1.54) is 37.5 Å². The summed E-state index contributed by atoms with van der Waals surface area (Å²) in [7, 11) is 0. The molecule has 94 valence electrons. The lowest BCUT2D eigenvalue weighted by atomic mass is 9.95. The Morgan fingerprint density at radius 1 is 1.06 bits per heavy atom. The molecule has 0 bridgehead atoms. The Morgan fingerprint density at radius 3 is 2.67 bits per heavy atom. The first kappa shape index (κ1) is 12.0. The molecule has 1 aliphatic rings. The van der Waals surface area contributed by atoms with Crippen molar-refractivity contribution in [3.63, 3.8) is 0 Å². The summed E-state index contributed by atoms with van der Waals surface area (Å²) in [4.78, 5) is 4.69. The third kappa shape index (κ3) is 2.66. The Hall–Kier alpha value is -1.09. The number of aromatic nitrogens is 1. The van der Waals surface area contributed by atoms with E-state index in [2.05, 4.69) is 56.6 Å². The van der Waals surface area contributed by atoms with Crippen molar-refractivity contribution in [2.45, 2.75) is 38.1 Å². The summed E-state index contributed by atoms with van der Waals surface area (Å²) >= 11 is 3.50. The largest absolute Gasteiger partial charge is 0.367 e. The quantitative estimate of drug-likeness (QED) is 0.866. The minimum absolute atomic E-state index is 0.607. The van der Waals surface area contributed by atoms with Crippen LogP contribution in [0.5, 0.6) is 0 Å². The molecule has 0 atom stereocenters. The van der Waals surface area contributed by atoms with Crippen LogP contribution < -0.4 is 5.32 Å². The van der Waals surface area contributed by atoms with Gasteiger partial charge in [-0.05, 0) is 37.1 Å². The van der Waals surface area contributed by atoms with Gasteiger partial charge in [0.25, 0.3) is 0 Å². The van der Waals surface area contributed by atoms with Gasteiger partial charge in [-0.25, -0.2) is 4.98 Å². The fourth-order valence-corrected chi connectivity index (χ4v) is 2.98. The first-order valence-corrected chi connectivity index (χ1v) is 7.43. The molecule has 0 aliphatic heterocycles. The van der Waals surface area contributed by atoms with Crippen molar-refractivity contribution >= 4 is 32.7 Å². The highest BCUT2D eigenvalue weighted by Crippen LogP contribution is 2.23. The molecule has 1 aromatic heterocycles. The molecule has 0 unspecified atom stereocenters. The van der Waals surface area contributed by atoms with Crippen molar-refractivity contribution in [3.05, 3.63) is 34.8 Å². The van der Waals surface area contributed by atoms with Crippen LogP contribution in [0, 0.1) is 0 Å². The minimum atomic E-state index is 0.607. The highest BCUT2D eigenvalue weighted by atomic mass is 79.9. The van der Waals surface area contributed by atoms with Gasteiger partial charge in [0.05, 0.1) is 5.52 Å². The Bertz CT molecular complexity index is 547. The van der Waals surface area contributed by atoms with E-state index in [0.717, 1.165) is 15.8 Å². The van der Waals surface area contributed by atoms with Gasteiger partial charge < -0.3 is 5.32 Å². The summed E-state index contributed by atoms with van der Waals surface area (Å²) in [5, 5.41) is 4.75. The number of rotatable bonds is 2. The lowest BCUT2D eigenvalue weighted by molar-refractivity contribution is 0.462. The Labute approximate surface area is 116 Å². The average molecular weight is 305 g/mol. The van der Waals surface area contributed by atoms with Crippen molar-refractivity contribution in [2.75, 3.05) is 5.32 Å². The predicted octanol–water partition coefficient (Wildman–Crippen LogP) is 4.74. The number of nitrogens with one attached hydrogen (secondary N) is 1. The maximum atomic E-state index is 4.69. The van der Waals surface area contributed by atoms with Gasteiger partial charge in [-0.3, -0.25) is 0 Å². The number of hydrogen-bond donors (Lipinski definition) is 1. The molecular formula is C15H17BrN2. The van der Waals surface area contributed by atoms with E-state index in [9.17, 15) is 0 Å². The van der Waals surface area contributed by atoms with E-state index in [1.54, 1.807) is 0 Å². The molecule has 2 nitrogen and oxygen atoms in total. The molecule has 3 rings (SSSR count). The third-order valence-corrected chi connectivity index (χ3v) is 4.10. The SMILES string of the molecule is Brc1ccc2ccc(NC3CCCCC3)nc2c1. The molecule has 1 saturated carbocycles. The second-order valence-corrected chi connectivity index (χ2v) is 5.93. The molecule has 1 N–H and O–H groups in total. The molecule has 1 aliphatic carbocycles. The van der Waals surface area contributed by atoms with E-state index in [1.807, 2.05) is 0 Å². The van der Waals surface area contributed by atoms with E-state index in [4.69, 9.17) is 0 Å². The van der Waals surface area contributed by atoms with Crippen LogP contribution in [0.25, 0.3) is 10.9 Å². The second-order valence-electron chi connectivity index (χ2n) is 5.01. The first-order valence-electron chi connectivity index (χ1n) is 6.64. The Balaban J connectivity index is 1.83.